The Kier molecular flexibility index (Phi) is 3.52. The topological polar surface area (TPSA) is 64.1 Å². The van der Waals surface area contributed by atoms with E-state index in [1.54, 1.807) is 30.3 Å². The lowest BCUT2D eigenvalue weighted by Gasteiger charge is -2.06. The minimum absolute atomic E-state index is 0.123. The van der Waals surface area contributed by atoms with Crippen LogP contribution in [0.1, 0.15) is 12.6 Å². The Morgan fingerprint density at radius 2 is 2.06 bits per heavy atom. The summed E-state index contributed by atoms with van der Waals surface area (Å²) in [5.41, 5.74) is 1.51. The highest BCUT2D eigenvalue weighted by Gasteiger charge is 2.01. The van der Waals surface area contributed by atoms with Gasteiger partial charge in [0, 0.05) is 24.7 Å². The number of carbonyl (C=O) groups is 1. The van der Waals surface area contributed by atoms with E-state index in [-0.39, 0.29) is 5.91 Å². The van der Waals surface area contributed by atoms with E-state index in [1.165, 1.54) is 6.92 Å². The van der Waals surface area contributed by atoms with E-state index in [0.717, 1.165) is 5.69 Å². The molecule has 0 saturated heterocycles. The Balaban J connectivity index is 2.13. The zero-order valence-electron chi connectivity index (χ0n) is 10.2. The minimum Gasteiger partial charge on any atom is -0.437 e. The molecule has 0 saturated carbocycles. The van der Waals surface area contributed by atoms with E-state index in [4.69, 9.17) is 4.74 Å². The molecule has 1 aromatic carbocycles. The molecule has 0 aliphatic heterocycles. The summed E-state index contributed by atoms with van der Waals surface area (Å²) in [6.45, 7) is 3.31. The third-order valence-corrected chi connectivity index (χ3v) is 2.15. The number of nitrogens with one attached hydrogen (secondary N) is 1. The molecule has 5 heteroatoms. The zero-order chi connectivity index (χ0) is 13.0. The zero-order valence-corrected chi connectivity index (χ0v) is 10.2. The number of nitrogens with zero attached hydrogens (tertiary/aromatic N) is 2. The second-order valence-electron chi connectivity index (χ2n) is 3.82. The second-order valence-corrected chi connectivity index (χ2v) is 3.82. The Morgan fingerprint density at radius 1 is 1.22 bits per heavy atom. The van der Waals surface area contributed by atoms with Crippen LogP contribution in [0.4, 0.5) is 5.69 Å². The van der Waals surface area contributed by atoms with Crippen LogP contribution < -0.4 is 10.1 Å². The number of ether oxygens (including phenoxy) is 1. The highest BCUT2D eigenvalue weighted by molar-refractivity contribution is 5.88. The highest BCUT2D eigenvalue weighted by atomic mass is 16.5. The number of amides is 1. The van der Waals surface area contributed by atoms with Gasteiger partial charge in [-0.3, -0.25) is 4.79 Å². The van der Waals surface area contributed by atoms with Crippen molar-refractivity contribution in [1.82, 2.24) is 10.2 Å². The first-order valence-electron chi connectivity index (χ1n) is 5.49. The molecule has 0 fully saturated rings. The normalized spacial score (nSPS) is 9.89. The van der Waals surface area contributed by atoms with Crippen LogP contribution in [0.25, 0.3) is 0 Å². The van der Waals surface area contributed by atoms with Gasteiger partial charge in [0.25, 0.3) is 0 Å². The van der Waals surface area contributed by atoms with E-state index in [9.17, 15) is 4.79 Å². The van der Waals surface area contributed by atoms with E-state index in [1.807, 2.05) is 13.0 Å². The van der Waals surface area contributed by atoms with Crippen molar-refractivity contribution < 1.29 is 9.53 Å². The fourth-order valence-corrected chi connectivity index (χ4v) is 1.40. The van der Waals surface area contributed by atoms with E-state index in [2.05, 4.69) is 15.5 Å². The average Bonchev–Trinajstić information content (AvgIpc) is 2.32. The van der Waals surface area contributed by atoms with Gasteiger partial charge in [0.2, 0.25) is 11.8 Å². The van der Waals surface area contributed by atoms with Crippen LogP contribution in [0.3, 0.4) is 0 Å². The first-order chi connectivity index (χ1) is 8.63. The summed E-state index contributed by atoms with van der Waals surface area (Å²) >= 11 is 0. The monoisotopic (exact) mass is 243 g/mol. The lowest BCUT2D eigenvalue weighted by molar-refractivity contribution is -0.114. The predicted molar refractivity (Wildman–Crippen MR) is 67.6 cm³/mol. The standard InChI is InChI=1S/C13H13N3O2/c1-9-6-7-13(16-15-9)18-12-5-3-4-11(8-12)14-10(2)17/h3-8H,1-2H3,(H,14,17). The fraction of sp³-hybridized carbons (Fsp3) is 0.154. The van der Waals surface area contributed by atoms with Crippen LogP contribution in [-0.2, 0) is 4.79 Å². The van der Waals surface area contributed by atoms with Crippen LogP contribution >= 0.6 is 0 Å². The molecule has 0 aliphatic rings. The van der Waals surface area contributed by atoms with Gasteiger partial charge in [-0.25, -0.2) is 0 Å². The molecule has 0 spiro atoms. The molecule has 0 aliphatic carbocycles. The Morgan fingerprint density at radius 3 is 2.72 bits per heavy atom. The molecule has 1 N–H and O–H groups in total. The summed E-state index contributed by atoms with van der Waals surface area (Å²) in [4.78, 5) is 10.9. The average molecular weight is 243 g/mol. The minimum atomic E-state index is -0.123. The lowest BCUT2D eigenvalue weighted by atomic mass is 10.3. The van der Waals surface area contributed by atoms with Crippen molar-refractivity contribution in [3.63, 3.8) is 0 Å². The molecule has 1 amide bonds. The first-order valence-corrected chi connectivity index (χ1v) is 5.49. The number of carbonyl (C=O) groups excluding carboxylic acids is 1. The SMILES string of the molecule is CC(=O)Nc1cccc(Oc2ccc(C)nn2)c1. The van der Waals surface area contributed by atoms with E-state index < -0.39 is 0 Å². The first kappa shape index (κ1) is 12.0. The summed E-state index contributed by atoms with van der Waals surface area (Å²) in [5.74, 6) is 0.891. The molecule has 0 atom stereocenters. The quantitative estimate of drug-likeness (QED) is 0.899. The molecule has 2 rings (SSSR count). The lowest BCUT2D eigenvalue weighted by Crippen LogP contribution is -2.05. The van der Waals surface area contributed by atoms with Crippen molar-refractivity contribution in [3.8, 4) is 11.6 Å². The summed E-state index contributed by atoms with van der Waals surface area (Å²) in [6, 6.07) is 10.7. The highest BCUT2D eigenvalue weighted by Crippen LogP contribution is 2.22. The second kappa shape index (κ2) is 5.27. The van der Waals surface area contributed by atoms with E-state index in [0.29, 0.717) is 17.3 Å². The van der Waals surface area contributed by atoms with Gasteiger partial charge in [-0.15, -0.1) is 5.10 Å². The molecular formula is C13H13N3O2. The van der Waals surface area contributed by atoms with Crippen LogP contribution in [0.2, 0.25) is 0 Å². The van der Waals surface area contributed by atoms with Gasteiger partial charge in [-0.05, 0) is 25.1 Å². The number of anilines is 1. The maximum atomic E-state index is 10.9. The maximum Gasteiger partial charge on any atom is 0.238 e. The molecule has 0 unspecified atom stereocenters. The van der Waals surface area contributed by atoms with Crippen LogP contribution in [0.5, 0.6) is 11.6 Å². The van der Waals surface area contributed by atoms with Gasteiger partial charge in [-0.2, -0.15) is 5.10 Å². The molecule has 0 bridgehead atoms. The van der Waals surface area contributed by atoms with Gasteiger partial charge in [0.15, 0.2) is 0 Å². The molecule has 1 heterocycles. The summed E-state index contributed by atoms with van der Waals surface area (Å²) < 4.78 is 5.53. The molecule has 1 aromatic heterocycles. The molecule has 0 radical (unpaired) electrons. The van der Waals surface area contributed by atoms with Crippen molar-refractivity contribution >= 4 is 11.6 Å². The smallest absolute Gasteiger partial charge is 0.238 e. The summed E-state index contributed by atoms with van der Waals surface area (Å²) in [5, 5.41) is 10.5. The van der Waals surface area contributed by atoms with Gasteiger partial charge in [-0.1, -0.05) is 6.07 Å². The summed E-state index contributed by atoms with van der Waals surface area (Å²) in [6.07, 6.45) is 0. The fourth-order valence-electron chi connectivity index (χ4n) is 1.40. The predicted octanol–water partition coefficient (Wildman–Crippen LogP) is 2.54. The molecule has 18 heavy (non-hydrogen) atoms. The van der Waals surface area contributed by atoms with Crippen molar-refractivity contribution in [3.05, 3.63) is 42.1 Å². The van der Waals surface area contributed by atoms with Crippen molar-refractivity contribution in [2.24, 2.45) is 0 Å². The third kappa shape index (κ3) is 3.28. The van der Waals surface area contributed by atoms with Crippen LogP contribution in [-0.4, -0.2) is 16.1 Å². The van der Waals surface area contributed by atoms with Crippen LogP contribution in [0.15, 0.2) is 36.4 Å². The maximum absolute atomic E-state index is 10.9. The van der Waals surface area contributed by atoms with Gasteiger partial charge in [0.1, 0.15) is 5.75 Å². The van der Waals surface area contributed by atoms with Crippen molar-refractivity contribution in [2.75, 3.05) is 5.32 Å². The third-order valence-electron chi connectivity index (χ3n) is 2.15. The van der Waals surface area contributed by atoms with E-state index >= 15 is 0 Å². The molecular weight excluding hydrogens is 230 g/mol. The number of rotatable bonds is 3. The number of aromatic nitrogens is 2. The molecule has 5 nitrogen and oxygen atoms in total. The number of hydrogen-bond donors (Lipinski definition) is 1. The molecule has 2 aromatic rings. The number of hydrogen-bond acceptors (Lipinski definition) is 4. The number of benzene rings is 1. The Hall–Kier alpha value is -2.43. The largest absolute Gasteiger partial charge is 0.437 e. The van der Waals surface area contributed by atoms with Crippen molar-refractivity contribution in [2.45, 2.75) is 13.8 Å². The van der Waals surface area contributed by atoms with Crippen LogP contribution in [0, 0.1) is 6.92 Å². The van der Waals surface area contributed by atoms with Gasteiger partial charge >= 0.3 is 0 Å². The van der Waals surface area contributed by atoms with Crippen molar-refractivity contribution in [1.29, 1.82) is 0 Å². The molecule has 92 valence electrons. The Bertz CT molecular complexity index is 552. The number of aryl methyl sites for hydroxylation is 1. The summed E-state index contributed by atoms with van der Waals surface area (Å²) in [7, 11) is 0. The Labute approximate surface area is 105 Å². The van der Waals surface area contributed by atoms with Gasteiger partial charge < -0.3 is 10.1 Å². The van der Waals surface area contributed by atoms with Gasteiger partial charge in [0.05, 0.1) is 5.69 Å².